The van der Waals surface area contributed by atoms with Crippen molar-refractivity contribution in [3.63, 3.8) is 0 Å². The molecule has 4 amide bonds. The van der Waals surface area contributed by atoms with E-state index in [0.717, 1.165) is 4.90 Å². The predicted octanol–water partition coefficient (Wildman–Crippen LogP) is 3.73. The topological polar surface area (TPSA) is 193 Å². The lowest BCUT2D eigenvalue weighted by Crippen LogP contribution is -2.53. The highest BCUT2D eigenvalue weighted by Crippen LogP contribution is 2.39. The first kappa shape index (κ1) is 40.6. The normalized spacial score (nSPS) is 20.3. The zero-order chi connectivity index (χ0) is 41.9. The Balaban J connectivity index is 0.862. The van der Waals surface area contributed by atoms with Crippen molar-refractivity contribution in [1.29, 1.82) is 5.41 Å². The molecule has 3 aromatic carbocycles. The van der Waals surface area contributed by atoms with Crippen LogP contribution in [-0.4, -0.2) is 118 Å². The molecule has 8 rings (SSSR count). The van der Waals surface area contributed by atoms with Gasteiger partial charge in [0, 0.05) is 98.5 Å². The molecular weight excluding hydrogens is 777 g/mol. The summed E-state index contributed by atoms with van der Waals surface area (Å²) in [6.07, 6.45) is 4.74. The Bertz CT molecular complexity index is 2360. The minimum absolute atomic E-state index is 0.00885. The van der Waals surface area contributed by atoms with Gasteiger partial charge >= 0.3 is 0 Å². The summed E-state index contributed by atoms with van der Waals surface area (Å²) in [7, 11) is 0. The predicted molar refractivity (Wildman–Crippen MR) is 217 cm³/mol. The highest BCUT2D eigenvalue weighted by molar-refractivity contribution is 6.09. The number of ether oxygens (including phenoxy) is 1. The van der Waals surface area contributed by atoms with E-state index in [1.165, 1.54) is 18.3 Å². The van der Waals surface area contributed by atoms with Gasteiger partial charge in [-0.1, -0.05) is 24.3 Å². The third kappa shape index (κ3) is 8.32. The average molecular weight is 822 g/mol. The fraction of sp³-hybridized carbons (Fsp3) is 0.372. The van der Waals surface area contributed by atoms with E-state index in [-0.39, 0.29) is 55.4 Å². The Kier molecular flexibility index (Phi) is 11.9. The van der Waals surface area contributed by atoms with Crippen LogP contribution in [0.15, 0.2) is 60.9 Å². The molecule has 5 heterocycles. The third-order valence-corrected chi connectivity index (χ3v) is 11.6. The van der Waals surface area contributed by atoms with E-state index in [9.17, 15) is 24.3 Å². The van der Waals surface area contributed by atoms with Gasteiger partial charge in [-0.3, -0.25) is 39.3 Å². The van der Waals surface area contributed by atoms with Crippen LogP contribution in [0.25, 0.3) is 27.7 Å². The van der Waals surface area contributed by atoms with Gasteiger partial charge in [-0.25, -0.2) is 13.8 Å². The molecule has 312 valence electrons. The van der Waals surface area contributed by atoms with Crippen molar-refractivity contribution in [2.45, 2.75) is 57.0 Å². The van der Waals surface area contributed by atoms with E-state index in [2.05, 4.69) is 20.9 Å². The Morgan fingerprint density at radius 1 is 1.02 bits per heavy atom. The number of imide groups is 1. The lowest BCUT2D eigenvalue weighted by Gasteiger charge is -2.32. The summed E-state index contributed by atoms with van der Waals surface area (Å²) in [5.41, 5.74) is 3.73. The summed E-state index contributed by atoms with van der Waals surface area (Å²) in [6.45, 7) is 3.66. The molecule has 60 heavy (non-hydrogen) atoms. The van der Waals surface area contributed by atoms with Crippen molar-refractivity contribution in [3.8, 4) is 11.1 Å². The number of piperidine rings is 2. The van der Waals surface area contributed by atoms with Crippen LogP contribution in [-0.2, 0) is 25.7 Å². The summed E-state index contributed by atoms with van der Waals surface area (Å²) >= 11 is 0. The van der Waals surface area contributed by atoms with Crippen molar-refractivity contribution in [3.05, 3.63) is 94.9 Å². The number of nitrogens with one attached hydrogen (secondary N) is 4. The number of aliphatic hydroxyl groups is 1. The van der Waals surface area contributed by atoms with Crippen molar-refractivity contribution in [2.24, 2.45) is 0 Å². The molecule has 4 aliphatic rings. The van der Waals surface area contributed by atoms with Crippen molar-refractivity contribution < 1.29 is 37.8 Å². The number of rotatable bonds is 12. The van der Waals surface area contributed by atoms with Gasteiger partial charge in [0.1, 0.15) is 17.7 Å². The standard InChI is InChI=1S/C43H45F2N9O6/c44-31-19-25(20-32(45)30(31)24-52-15-17-60-18-16-52)28-3-1-6-34-40(28)50-35(23-49-34)26(21-46)22-48-27-10-13-53(14-11-27)38(56)9-12-47-33-5-2-4-29-39(33)43(59)54(42(29)58)36-7-8-37(55)51-41(36)57/h1-6,19-23,27,36,42,46-48,58H,7-18,24H2,(H,51,55,57)/b26-22+,46-21?. The van der Waals surface area contributed by atoms with Gasteiger partial charge in [0.05, 0.1) is 41.7 Å². The maximum atomic E-state index is 15.4. The summed E-state index contributed by atoms with van der Waals surface area (Å²) in [5, 5.41) is 27.9. The van der Waals surface area contributed by atoms with E-state index in [0.29, 0.717) is 96.9 Å². The molecule has 0 aliphatic carbocycles. The molecule has 3 fully saturated rings. The van der Waals surface area contributed by atoms with Gasteiger partial charge in [-0.2, -0.15) is 0 Å². The highest BCUT2D eigenvalue weighted by Gasteiger charge is 2.45. The van der Waals surface area contributed by atoms with Gasteiger partial charge < -0.3 is 30.8 Å². The quantitative estimate of drug-likeness (QED) is 0.103. The van der Waals surface area contributed by atoms with Crippen LogP contribution in [0.3, 0.4) is 0 Å². The number of carbonyl (C=O) groups is 4. The van der Waals surface area contributed by atoms with Crippen molar-refractivity contribution >= 4 is 52.1 Å². The first-order valence-corrected chi connectivity index (χ1v) is 20.1. The van der Waals surface area contributed by atoms with Crippen LogP contribution in [0.4, 0.5) is 14.5 Å². The molecule has 0 spiro atoms. The Hall–Kier alpha value is -6.17. The molecule has 5 N–H and O–H groups in total. The molecule has 4 aliphatic heterocycles. The number of carbonyl (C=O) groups excluding carboxylic acids is 4. The number of hydrogen-bond donors (Lipinski definition) is 5. The number of anilines is 1. The molecule has 3 saturated heterocycles. The van der Waals surface area contributed by atoms with Gasteiger partial charge in [0.15, 0.2) is 6.23 Å². The molecule has 2 atom stereocenters. The molecule has 17 heteroatoms. The van der Waals surface area contributed by atoms with Crippen molar-refractivity contribution in [1.82, 2.24) is 35.3 Å². The fourth-order valence-electron chi connectivity index (χ4n) is 8.27. The minimum Gasteiger partial charge on any atom is -0.387 e. The maximum Gasteiger partial charge on any atom is 0.259 e. The van der Waals surface area contributed by atoms with Crippen LogP contribution in [0.5, 0.6) is 0 Å². The molecule has 0 radical (unpaired) electrons. The van der Waals surface area contributed by atoms with Crippen LogP contribution < -0.4 is 16.0 Å². The summed E-state index contributed by atoms with van der Waals surface area (Å²) in [6, 6.07) is 12.0. The zero-order valence-electron chi connectivity index (χ0n) is 32.8. The van der Waals surface area contributed by atoms with E-state index in [4.69, 9.17) is 15.1 Å². The second kappa shape index (κ2) is 17.6. The number of allylic oxidation sites excluding steroid dienone is 1. The largest absolute Gasteiger partial charge is 0.387 e. The molecule has 4 aromatic rings. The highest BCUT2D eigenvalue weighted by atomic mass is 19.1. The van der Waals surface area contributed by atoms with Crippen molar-refractivity contribution in [2.75, 3.05) is 51.3 Å². The Morgan fingerprint density at radius 3 is 2.50 bits per heavy atom. The van der Waals surface area contributed by atoms with E-state index >= 15 is 8.78 Å². The average Bonchev–Trinajstić information content (AvgIpc) is 3.51. The summed E-state index contributed by atoms with van der Waals surface area (Å²) in [4.78, 5) is 65.0. The smallest absolute Gasteiger partial charge is 0.259 e. The molecule has 0 bridgehead atoms. The van der Waals surface area contributed by atoms with Gasteiger partial charge in [-0.15, -0.1) is 0 Å². The number of hydrogen-bond acceptors (Lipinski definition) is 12. The molecule has 1 aromatic heterocycles. The number of amides is 4. The molecule has 2 unspecified atom stereocenters. The number of fused-ring (bicyclic) bond motifs is 2. The van der Waals surface area contributed by atoms with E-state index in [1.54, 1.807) is 53.7 Å². The number of halogens is 2. The Morgan fingerprint density at radius 2 is 1.77 bits per heavy atom. The summed E-state index contributed by atoms with van der Waals surface area (Å²) < 4.78 is 36.1. The van der Waals surface area contributed by atoms with Crippen LogP contribution >= 0.6 is 0 Å². The number of aliphatic hydroxyl groups excluding tert-OH is 1. The second-order valence-corrected chi connectivity index (χ2v) is 15.3. The van der Waals surface area contributed by atoms with Gasteiger partial charge in [0.2, 0.25) is 17.7 Å². The third-order valence-electron chi connectivity index (χ3n) is 11.6. The summed E-state index contributed by atoms with van der Waals surface area (Å²) in [5.74, 6) is -2.90. The first-order valence-electron chi connectivity index (χ1n) is 20.1. The number of para-hydroxylation sites is 1. The van der Waals surface area contributed by atoms with Gasteiger partial charge in [0.25, 0.3) is 5.91 Å². The lowest BCUT2D eigenvalue weighted by atomic mass is 10.0. The van der Waals surface area contributed by atoms with Gasteiger partial charge in [-0.05, 0) is 49.1 Å². The molecule has 15 nitrogen and oxygen atoms in total. The minimum atomic E-state index is -1.34. The fourth-order valence-corrected chi connectivity index (χ4v) is 8.27. The monoisotopic (exact) mass is 821 g/mol. The number of likely N-dealkylation sites (tertiary alicyclic amines) is 1. The molecular formula is C43H45F2N9O6. The molecule has 0 saturated carbocycles. The SMILES string of the molecule is N=C/C(=C\NC1CCN(C(=O)CCNc2cccc3c2C(=O)N(C2CCC(=O)NC2=O)C3O)CC1)c1cnc2cccc(-c3cc(F)c(CN4CCOCC4)c(F)c3)c2n1. The first-order chi connectivity index (χ1) is 29.1. The van der Waals surface area contributed by atoms with Crippen LogP contribution in [0.1, 0.15) is 65.5 Å². The number of morpholine rings is 1. The number of benzene rings is 3. The van der Waals surface area contributed by atoms with Crippen LogP contribution in [0, 0.1) is 17.0 Å². The zero-order valence-corrected chi connectivity index (χ0v) is 32.8. The van der Waals surface area contributed by atoms with E-state index in [1.807, 2.05) is 4.90 Å². The Labute approximate surface area is 344 Å². The van der Waals surface area contributed by atoms with E-state index < -0.39 is 41.6 Å². The number of nitrogens with zero attached hydrogens (tertiary/aromatic N) is 5. The lowest BCUT2D eigenvalue weighted by molar-refractivity contribution is -0.139. The number of aromatic nitrogens is 2. The van der Waals surface area contributed by atoms with Crippen LogP contribution in [0.2, 0.25) is 0 Å². The second-order valence-electron chi connectivity index (χ2n) is 15.3. The maximum absolute atomic E-state index is 15.4.